The lowest BCUT2D eigenvalue weighted by Crippen LogP contribution is -2.26. The third-order valence-corrected chi connectivity index (χ3v) is 4.83. The van der Waals surface area contributed by atoms with Crippen molar-refractivity contribution in [2.45, 2.75) is 18.6 Å². The Hall–Kier alpha value is -0.350. The molecule has 0 aromatic carbocycles. The fraction of sp³-hybridized carbons (Fsp3) is 0.500. The first-order valence-corrected chi connectivity index (χ1v) is 5.82. The summed E-state index contributed by atoms with van der Waals surface area (Å²) in [5.41, 5.74) is 2.34. The quantitative estimate of drug-likeness (QED) is 0.629. The van der Waals surface area contributed by atoms with E-state index in [1.807, 2.05) is 25.2 Å². The van der Waals surface area contributed by atoms with Crippen molar-refractivity contribution in [3.8, 4) is 0 Å². The molecule has 0 spiro atoms. The molecular weight excluding hydrogens is 190 g/mol. The molecule has 0 N–H and O–H groups in total. The average Bonchev–Trinajstić information content (AvgIpc) is 2.54. The molecule has 4 heteroatoms. The maximum absolute atomic E-state index is 11.8. The van der Waals surface area contributed by atoms with Crippen LogP contribution in [0.15, 0.2) is 10.8 Å². The minimum atomic E-state index is -0.903. The van der Waals surface area contributed by atoms with Crippen molar-refractivity contribution in [2.24, 2.45) is 0 Å². The van der Waals surface area contributed by atoms with Crippen LogP contribution in [-0.4, -0.2) is 11.3 Å². The van der Waals surface area contributed by atoms with Gasteiger partial charge in [-0.05, 0) is 19.2 Å². The molecule has 2 heterocycles. The summed E-state index contributed by atoms with van der Waals surface area (Å²) in [7, 11) is 0.982. The second kappa shape index (κ2) is 2.33. The molecule has 2 rings (SSSR count). The van der Waals surface area contributed by atoms with E-state index in [1.54, 1.807) is 11.3 Å². The molecule has 1 aliphatic heterocycles. The molecule has 1 aliphatic rings. The van der Waals surface area contributed by atoms with Crippen LogP contribution in [0.5, 0.6) is 0 Å². The number of nitrogens with zero attached hydrogens (tertiary/aromatic N) is 1. The van der Waals surface area contributed by atoms with Crippen LogP contribution < -0.4 is 4.31 Å². The van der Waals surface area contributed by atoms with Crippen LogP contribution in [0, 0.1) is 0 Å². The largest absolute Gasteiger partial charge is 0.293 e. The van der Waals surface area contributed by atoms with E-state index in [0.29, 0.717) is 0 Å². The zero-order valence-corrected chi connectivity index (χ0v) is 8.96. The van der Waals surface area contributed by atoms with Gasteiger partial charge in [-0.2, -0.15) is 0 Å². The molecule has 1 aromatic rings. The Balaban J connectivity index is 2.64. The first kappa shape index (κ1) is 8.26. The maximum atomic E-state index is 11.8. The van der Waals surface area contributed by atoms with Crippen LogP contribution in [0.2, 0.25) is 0 Å². The Bertz CT molecular complexity index is 343. The lowest BCUT2D eigenvalue weighted by Gasteiger charge is -2.17. The van der Waals surface area contributed by atoms with Gasteiger partial charge in [-0.1, -0.05) is 0 Å². The van der Waals surface area contributed by atoms with Crippen LogP contribution >= 0.6 is 11.3 Å². The molecule has 0 saturated heterocycles. The summed E-state index contributed by atoms with van der Waals surface area (Å²) in [4.78, 5) is 0. The highest BCUT2D eigenvalue weighted by molar-refractivity contribution is 7.87. The van der Waals surface area contributed by atoms with E-state index in [-0.39, 0.29) is 4.75 Å². The molecule has 12 heavy (non-hydrogen) atoms. The predicted molar refractivity (Wildman–Crippen MR) is 53.9 cm³/mol. The van der Waals surface area contributed by atoms with Gasteiger partial charge in [0.05, 0.1) is 10.4 Å². The molecule has 2 nitrogen and oxygen atoms in total. The first-order chi connectivity index (χ1) is 5.55. The summed E-state index contributed by atoms with van der Waals surface area (Å²) in [6, 6.07) is 0. The van der Waals surface area contributed by atoms with Crippen molar-refractivity contribution in [2.75, 3.05) is 11.4 Å². The standard InChI is InChI=1S/C8H11NOS2/c1-8(2)6-4-11-5-7(6)9(3)12(8)10/h4-5H,1-3H3. The Kier molecular flexibility index (Phi) is 1.60. The number of hydrogen-bond acceptors (Lipinski definition) is 2. The van der Waals surface area contributed by atoms with Gasteiger partial charge in [0, 0.05) is 18.0 Å². The van der Waals surface area contributed by atoms with Crippen LogP contribution in [-0.2, 0) is 15.7 Å². The van der Waals surface area contributed by atoms with E-state index in [4.69, 9.17) is 0 Å². The number of thiophene rings is 1. The summed E-state index contributed by atoms with van der Waals surface area (Å²) in [6.07, 6.45) is 0. The summed E-state index contributed by atoms with van der Waals surface area (Å²) in [5, 5.41) is 4.15. The summed E-state index contributed by atoms with van der Waals surface area (Å²) >= 11 is 1.67. The van der Waals surface area contributed by atoms with Crippen molar-refractivity contribution in [3.63, 3.8) is 0 Å². The molecule has 0 radical (unpaired) electrons. The highest BCUT2D eigenvalue weighted by Crippen LogP contribution is 2.45. The van der Waals surface area contributed by atoms with Crippen LogP contribution in [0.25, 0.3) is 0 Å². The smallest absolute Gasteiger partial charge is 0.129 e. The Morgan fingerprint density at radius 3 is 2.75 bits per heavy atom. The lowest BCUT2D eigenvalue weighted by molar-refractivity contribution is 0.651. The van der Waals surface area contributed by atoms with Gasteiger partial charge in [0.1, 0.15) is 11.0 Å². The summed E-state index contributed by atoms with van der Waals surface area (Å²) < 4.78 is 13.4. The van der Waals surface area contributed by atoms with Crippen LogP contribution in [0.1, 0.15) is 19.4 Å². The number of fused-ring (bicyclic) bond motifs is 1. The molecular formula is C8H11NOS2. The maximum Gasteiger partial charge on any atom is 0.129 e. The van der Waals surface area contributed by atoms with Gasteiger partial charge < -0.3 is 0 Å². The Labute approximate surface area is 78.8 Å². The van der Waals surface area contributed by atoms with E-state index < -0.39 is 11.0 Å². The fourth-order valence-corrected chi connectivity index (χ4v) is 4.05. The molecule has 0 amide bonds. The number of rotatable bonds is 0. The van der Waals surface area contributed by atoms with Crippen LogP contribution in [0.4, 0.5) is 5.69 Å². The third kappa shape index (κ3) is 0.821. The SMILES string of the molecule is CN1c2cscc2C(C)(C)S1=O. The minimum absolute atomic E-state index is 0.204. The van der Waals surface area contributed by atoms with Gasteiger partial charge in [0.25, 0.3) is 0 Å². The normalized spacial score (nSPS) is 25.9. The first-order valence-electron chi connectivity index (χ1n) is 3.77. The Morgan fingerprint density at radius 1 is 1.50 bits per heavy atom. The molecule has 0 bridgehead atoms. The van der Waals surface area contributed by atoms with E-state index in [9.17, 15) is 4.21 Å². The van der Waals surface area contributed by atoms with Crippen molar-refractivity contribution in [1.82, 2.24) is 0 Å². The summed E-state index contributed by atoms with van der Waals surface area (Å²) in [6.45, 7) is 4.05. The average molecular weight is 201 g/mol. The molecule has 1 atom stereocenters. The minimum Gasteiger partial charge on any atom is -0.293 e. The lowest BCUT2D eigenvalue weighted by atomic mass is 10.1. The highest BCUT2D eigenvalue weighted by Gasteiger charge is 2.41. The molecule has 0 fully saturated rings. The van der Waals surface area contributed by atoms with E-state index in [2.05, 4.69) is 10.8 Å². The monoisotopic (exact) mass is 201 g/mol. The highest BCUT2D eigenvalue weighted by atomic mass is 32.2. The molecule has 0 aliphatic carbocycles. The van der Waals surface area contributed by atoms with E-state index in [1.165, 1.54) is 5.56 Å². The van der Waals surface area contributed by atoms with Gasteiger partial charge in [-0.15, -0.1) is 11.3 Å². The number of anilines is 1. The van der Waals surface area contributed by atoms with Gasteiger partial charge in [0.2, 0.25) is 0 Å². The second-order valence-electron chi connectivity index (χ2n) is 3.43. The zero-order chi connectivity index (χ0) is 8.93. The van der Waals surface area contributed by atoms with Gasteiger partial charge in [-0.25, -0.2) is 4.21 Å². The van der Waals surface area contributed by atoms with Crippen molar-refractivity contribution in [1.29, 1.82) is 0 Å². The van der Waals surface area contributed by atoms with Gasteiger partial charge in [0.15, 0.2) is 0 Å². The van der Waals surface area contributed by atoms with Crippen molar-refractivity contribution >= 4 is 28.0 Å². The molecule has 66 valence electrons. The van der Waals surface area contributed by atoms with Crippen molar-refractivity contribution in [3.05, 3.63) is 16.3 Å². The molecule has 1 unspecified atom stereocenters. The third-order valence-electron chi connectivity index (χ3n) is 2.31. The van der Waals surface area contributed by atoms with Crippen molar-refractivity contribution < 1.29 is 4.21 Å². The second-order valence-corrected chi connectivity index (χ2v) is 6.24. The Morgan fingerprint density at radius 2 is 2.17 bits per heavy atom. The topological polar surface area (TPSA) is 20.3 Å². The summed E-state index contributed by atoms with van der Waals surface area (Å²) in [5.74, 6) is 0. The predicted octanol–water partition coefficient (Wildman–Crippen LogP) is 2.10. The zero-order valence-electron chi connectivity index (χ0n) is 7.33. The van der Waals surface area contributed by atoms with E-state index >= 15 is 0 Å². The number of hydrogen-bond donors (Lipinski definition) is 0. The van der Waals surface area contributed by atoms with Gasteiger partial charge in [-0.3, -0.25) is 4.31 Å². The fourth-order valence-electron chi connectivity index (χ4n) is 1.51. The van der Waals surface area contributed by atoms with E-state index in [0.717, 1.165) is 5.69 Å². The van der Waals surface area contributed by atoms with Crippen LogP contribution in [0.3, 0.4) is 0 Å². The molecule has 1 aromatic heterocycles. The van der Waals surface area contributed by atoms with Gasteiger partial charge >= 0.3 is 0 Å². The molecule has 0 saturated carbocycles.